The average molecular weight is 330 g/mol. The van der Waals surface area contributed by atoms with Crippen LogP contribution in [0.15, 0.2) is 24.3 Å². The Kier molecular flexibility index (Phi) is 6.79. The van der Waals surface area contributed by atoms with Crippen molar-refractivity contribution in [2.45, 2.75) is 39.7 Å². The van der Waals surface area contributed by atoms with E-state index < -0.39 is 0 Å². The van der Waals surface area contributed by atoms with Gasteiger partial charge in [-0.1, -0.05) is 26.0 Å². The molecular weight excluding hydrogens is 300 g/mol. The van der Waals surface area contributed by atoms with Crippen LogP contribution in [0.25, 0.3) is 11.0 Å². The molecule has 2 rings (SSSR count). The lowest BCUT2D eigenvalue weighted by Gasteiger charge is -2.15. The van der Waals surface area contributed by atoms with Gasteiger partial charge in [0.1, 0.15) is 5.82 Å². The van der Waals surface area contributed by atoms with Crippen LogP contribution in [0.3, 0.4) is 0 Å². The average Bonchev–Trinajstić information content (AvgIpc) is 2.91. The van der Waals surface area contributed by atoms with E-state index in [0.717, 1.165) is 43.7 Å². The van der Waals surface area contributed by atoms with E-state index in [1.807, 2.05) is 12.1 Å². The minimum absolute atomic E-state index is 0.123. The van der Waals surface area contributed by atoms with Crippen LogP contribution in [0.4, 0.5) is 0 Å². The maximum Gasteiger partial charge on any atom is 0.223 e. The topological polar surface area (TPSA) is 50.2 Å². The quantitative estimate of drug-likeness (QED) is 0.769. The maximum absolute atomic E-state index is 12.1. The van der Waals surface area contributed by atoms with Crippen LogP contribution < -0.4 is 5.32 Å². The first-order valence-corrected chi connectivity index (χ1v) is 8.93. The molecule has 0 bridgehead atoms. The highest BCUT2D eigenvalue weighted by atomic mass is 16.1. The first-order valence-electron chi connectivity index (χ1n) is 8.93. The minimum atomic E-state index is 0.123. The lowest BCUT2D eigenvalue weighted by molar-refractivity contribution is -0.125. The van der Waals surface area contributed by atoms with Crippen LogP contribution in [0.5, 0.6) is 0 Å². The van der Waals surface area contributed by atoms with Gasteiger partial charge >= 0.3 is 0 Å². The first-order chi connectivity index (χ1) is 11.6. The van der Waals surface area contributed by atoms with Gasteiger partial charge in [0.05, 0.1) is 11.0 Å². The van der Waals surface area contributed by atoms with Gasteiger partial charge in [-0.25, -0.2) is 4.98 Å². The van der Waals surface area contributed by atoms with Crippen molar-refractivity contribution < 1.29 is 4.79 Å². The van der Waals surface area contributed by atoms with Gasteiger partial charge in [-0.15, -0.1) is 0 Å². The monoisotopic (exact) mass is 330 g/mol. The first kappa shape index (κ1) is 18.5. The molecule has 0 saturated carbocycles. The molecule has 1 aromatic carbocycles. The molecule has 0 unspecified atom stereocenters. The molecule has 0 radical (unpaired) electrons. The highest BCUT2D eigenvalue weighted by Gasteiger charge is 2.15. The van der Waals surface area contributed by atoms with Gasteiger partial charge < -0.3 is 14.8 Å². The molecule has 0 saturated heterocycles. The number of carbonyl (C=O) groups is 1. The number of imidazole rings is 1. The fraction of sp³-hybridized carbons (Fsp3) is 0.579. The molecule has 0 spiro atoms. The number of carbonyl (C=O) groups excluding carboxylic acids is 1. The van der Waals surface area contributed by atoms with Crippen LogP contribution in [0.2, 0.25) is 0 Å². The van der Waals surface area contributed by atoms with E-state index in [0.29, 0.717) is 6.54 Å². The number of hydrogen-bond acceptors (Lipinski definition) is 3. The Balaban J connectivity index is 2.07. The maximum atomic E-state index is 12.1. The third kappa shape index (κ3) is 4.57. The van der Waals surface area contributed by atoms with Gasteiger partial charge in [-0.2, -0.15) is 0 Å². The van der Waals surface area contributed by atoms with E-state index in [1.165, 1.54) is 5.52 Å². The number of benzene rings is 1. The molecule has 0 atom stereocenters. The zero-order valence-corrected chi connectivity index (χ0v) is 15.4. The van der Waals surface area contributed by atoms with Crippen molar-refractivity contribution >= 4 is 16.9 Å². The van der Waals surface area contributed by atoms with E-state index in [2.05, 4.69) is 54.9 Å². The van der Waals surface area contributed by atoms with Gasteiger partial charge in [0.25, 0.3) is 0 Å². The summed E-state index contributed by atoms with van der Waals surface area (Å²) in [6.07, 6.45) is 2.54. The van der Waals surface area contributed by atoms with Crippen LogP contribution >= 0.6 is 0 Å². The molecule has 0 fully saturated rings. The Labute approximate surface area is 145 Å². The van der Waals surface area contributed by atoms with Crippen molar-refractivity contribution in [1.29, 1.82) is 0 Å². The number of para-hydroxylation sites is 2. The normalized spacial score (nSPS) is 11.6. The van der Waals surface area contributed by atoms with Gasteiger partial charge in [0, 0.05) is 32.0 Å². The van der Waals surface area contributed by atoms with Crippen molar-refractivity contribution in [2.75, 3.05) is 27.2 Å². The van der Waals surface area contributed by atoms with Crippen molar-refractivity contribution in [2.24, 2.45) is 5.92 Å². The largest absolute Gasteiger partial charge is 0.355 e. The number of hydrogen-bond donors (Lipinski definition) is 1. The summed E-state index contributed by atoms with van der Waals surface area (Å²) in [5.74, 6) is 1.33. The van der Waals surface area contributed by atoms with E-state index in [-0.39, 0.29) is 11.8 Å². The lowest BCUT2D eigenvalue weighted by atomic mass is 10.0. The molecule has 1 N–H and O–H groups in total. The zero-order valence-electron chi connectivity index (χ0n) is 15.4. The SMILES string of the molecule is CCC(CC)C(=O)NCCc1nc2ccccc2n1CCN(C)C. The summed E-state index contributed by atoms with van der Waals surface area (Å²) < 4.78 is 2.28. The van der Waals surface area contributed by atoms with Gasteiger partial charge in [0.2, 0.25) is 5.91 Å². The Morgan fingerprint density at radius 3 is 2.62 bits per heavy atom. The Bertz CT molecular complexity index is 658. The predicted molar refractivity (Wildman–Crippen MR) is 99.1 cm³/mol. The van der Waals surface area contributed by atoms with Crippen molar-refractivity contribution in [1.82, 2.24) is 19.8 Å². The third-order valence-corrected chi connectivity index (χ3v) is 4.51. The smallest absolute Gasteiger partial charge is 0.223 e. The minimum Gasteiger partial charge on any atom is -0.355 e. The molecule has 5 nitrogen and oxygen atoms in total. The summed E-state index contributed by atoms with van der Waals surface area (Å²) in [6.45, 7) is 6.64. The predicted octanol–water partition coefficient (Wildman–Crippen LogP) is 2.69. The molecule has 24 heavy (non-hydrogen) atoms. The van der Waals surface area contributed by atoms with E-state index in [4.69, 9.17) is 4.98 Å². The fourth-order valence-corrected chi connectivity index (χ4v) is 2.97. The summed E-state index contributed by atoms with van der Waals surface area (Å²) in [4.78, 5) is 19.1. The second-order valence-corrected chi connectivity index (χ2v) is 6.53. The fourth-order valence-electron chi connectivity index (χ4n) is 2.97. The summed E-state index contributed by atoms with van der Waals surface area (Å²) in [6, 6.07) is 8.23. The van der Waals surface area contributed by atoms with Crippen LogP contribution in [0, 0.1) is 5.92 Å². The molecular formula is C19H30N4O. The number of nitrogens with zero attached hydrogens (tertiary/aromatic N) is 3. The second kappa shape index (κ2) is 8.83. The second-order valence-electron chi connectivity index (χ2n) is 6.53. The molecule has 1 heterocycles. The van der Waals surface area contributed by atoms with E-state index >= 15 is 0 Å². The van der Waals surface area contributed by atoms with Crippen LogP contribution in [0.1, 0.15) is 32.5 Å². The highest BCUT2D eigenvalue weighted by molar-refractivity contribution is 5.78. The summed E-state index contributed by atoms with van der Waals surface area (Å²) in [5, 5.41) is 3.07. The van der Waals surface area contributed by atoms with E-state index in [1.54, 1.807) is 0 Å². The number of amides is 1. The Morgan fingerprint density at radius 1 is 1.25 bits per heavy atom. The molecule has 1 aromatic heterocycles. The van der Waals surface area contributed by atoms with Crippen molar-refractivity contribution in [3.63, 3.8) is 0 Å². The summed E-state index contributed by atoms with van der Waals surface area (Å²) in [5.41, 5.74) is 2.19. The third-order valence-electron chi connectivity index (χ3n) is 4.51. The molecule has 5 heteroatoms. The standard InChI is InChI=1S/C19H30N4O/c1-5-15(6-2)19(24)20-12-11-18-21-16-9-7-8-10-17(16)23(18)14-13-22(3)4/h7-10,15H,5-6,11-14H2,1-4H3,(H,20,24). The molecule has 132 valence electrons. The number of fused-ring (bicyclic) bond motifs is 1. The number of nitrogens with one attached hydrogen (secondary N) is 1. The molecule has 2 aromatic rings. The molecule has 0 aliphatic heterocycles. The summed E-state index contributed by atoms with van der Waals surface area (Å²) >= 11 is 0. The lowest BCUT2D eigenvalue weighted by Crippen LogP contribution is -2.32. The number of rotatable bonds is 9. The number of aromatic nitrogens is 2. The molecule has 0 aliphatic rings. The van der Waals surface area contributed by atoms with Crippen LogP contribution in [-0.4, -0.2) is 47.5 Å². The molecule has 0 aliphatic carbocycles. The van der Waals surface area contributed by atoms with Crippen LogP contribution in [-0.2, 0) is 17.8 Å². The van der Waals surface area contributed by atoms with Gasteiger partial charge in [-0.05, 0) is 39.1 Å². The molecule has 1 amide bonds. The number of likely N-dealkylation sites (N-methyl/N-ethyl adjacent to an activating group) is 1. The summed E-state index contributed by atoms with van der Waals surface area (Å²) in [7, 11) is 4.16. The van der Waals surface area contributed by atoms with E-state index in [9.17, 15) is 4.79 Å². The Hall–Kier alpha value is -1.88. The highest BCUT2D eigenvalue weighted by Crippen LogP contribution is 2.16. The zero-order chi connectivity index (χ0) is 17.5. The van der Waals surface area contributed by atoms with Crippen molar-refractivity contribution in [3.8, 4) is 0 Å². The Morgan fingerprint density at radius 2 is 1.96 bits per heavy atom. The van der Waals surface area contributed by atoms with Gasteiger partial charge in [0.15, 0.2) is 0 Å². The van der Waals surface area contributed by atoms with Crippen molar-refractivity contribution in [3.05, 3.63) is 30.1 Å². The van der Waals surface area contributed by atoms with Gasteiger partial charge in [-0.3, -0.25) is 4.79 Å².